The average molecular weight is 227 g/mol. The molecular weight excluding hydrogens is 210 g/mol. The molecule has 84 valence electrons. The molecule has 0 heterocycles. The molecule has 0 fully saturated rings. The Kier molecular flexibility index (Phi) is 4.29. The molecule has 15 heavy (non-hydrogen) atoms. The summed E-state index contributed by atoms with van der Waals surface area (Å²) in [5.74, 6) is 0. The van der Waals surface area contributed by atoms with Gasteiger partial charge in [-0.3, -0.25) is 0 Å². The molecule has 0 aliphatic rings. The molecule has 0 amide bonds. The number of sulfone groups is 1. The topological polar surface area (TPSA) is 46.2 Å². The van der Waals surface area contributed by atoms with Crippen molar-refractivity contribution in [1.29, 1.82) is 0 Å². The zero-order valence-corrected chi connectivity index (χ0v) is 9.92. The van der Waals surface area contributed by atoms with Gasteiger partial charge in [-0.1, -0.05) is 25.1 Å². The van der Waals surface area contributed by atoms with Crippen molar-refractivity contribution in [2.45, 2.75) is 24.0 Å². The van der Waals surface area contributed by atoms with Crippen LogP contribution in [0.3, 0.4) is 0 Å². The van der Waals surface area contributed by atoms with Crippen LogP contribution >= 0.6 is 0 Å². The highest BCUT2D eigenvalue weighted by atomic mass is 32.2. The Balaban J connectivity index is 2.84. The number of benzene rings is 1. The van der Waals surface area contributed by atoms with Crippen molar-refractivity contribution in [1.82, 2.24) is 5.32 Å². The van der Waals surface area contributed by atoms with Crippen molar-refractivity contribution in [2.24, 2.45) is 0 Å². The van der Waals surface area contributed by atoms with Gasteiger partial charge in [0.15, 0.2) is 9.84 Å². The van der Waals surface area contributed by atoms with Gasteiger partial charge in [0.2, 0.25) is 0 Å². The molecule has 0 bridgehead atoms. The molecule has 0 aromatic heterocycles. The lowest BCUT2D eigenvalue weighted by Gasteiger charge is -2.12. The molecule has 1 atom stereocenters. The van der Waals surface area contributed by atoms with E-state index < -0.39 is 9.84 Å². The van der Waals surface area contributed by atoms with Gasteiger partial charge < -0.3 is 5.32 Å². The molecule has 1 unspecified atom stereocenters. The summed E-state index contributed by atoms with van der Waals surface area (Å²) >= 11 is 0. The normalized spacial score (nSPS) is 13.7. The molecule has 0 saturated carbocycles. The van der Waals surface area contributed by atoms with Crippen LogP contribution in [-0.4, -0.2) is 26.8 Å². The molecule has 1 aromatic carbocycles. The quantitative estimate of drug-likeness (QED) is 0.828. The smallest absolute Gasteiger partial charge is 0.182 e. The molecule has 1 aromatic rings. The van der Waals surface area contributed by atoms with Crippen LogP contribution in [0.25, 0.3) is 0 Å². The Morgan fingerprint density at radius 2 is 1.87 bits per heavy atom. The maximum absolute atomic E-state index is 12.0. The van der Waals surface area contributed by atoms with Gasteiger partial charge in [-0.25, -0.2) is 8.42 Å². The highest BCUT2D eigenvalue weighted by Crippen LogP contribution is 2.14. The zero-order valence-electron chi connectivity index (χ0n) is 9.10. The summed E-state index contributed by atoms with van der Waals surface area (Å²) in [6.45, 7) is 4.97. The van der Waals surface area contributed by atoms with Crippen LogP contribution in [0.1, 0.15) is 13.8 Å². The van der Waals surface area contributed by atoms with Crippen molar-refractivity contribution < 1.29 is 8.42 Å². The first-order valence-electron chi connectivity index (χ1n) is 5.08. The van der Waals surface area contributed by atoms with Crippen molar-refractivity contribution >= 4 is 9.84 Å². The number of hydrogen-bond acceptors (Lipinski definition) is 3. The van der Waals surface area contributed by atoms with Gasteiger partial charge in [-0.05, 0) is 25.6 Å². The second-order valence-corrected chi connectivity index (χ2v) is 5.84. The van der Waals surface area contributed by atoms with E-state index in [0.717, 1.165) is 6.54 Å². The summed E-state index contributed by atoms with van der Waals surface area (Å²) in [6.07, 6.45) is 0. The minimum atomic E-state index is -3.17. The molecule has 0 saturated heterocycles. The van der Waals surface area contributed by atoms with Gasteiger partial charge >= 0.3 is 0 Å². The Hall–Kier alpha value is -0.870. The van der Waals surface area contributed by atoms with Gasteiger partial charge in [0.25, 0.3) is 0 Å². The first-order chi connectivity index (χ1) is 7.09. The maximum Gasteiger partial charge on any atom is 0.182 e. The standard InChI is InChI=1S/C11H17NO2S/c1-3-12-9-10(2)15(13,14)11-7-5-4-6-8-11/h4-8,10,12H,3,9H2,1-2H3. The van der Waals surface area contributed by atoms with Crippen LogP contribution in [0.5, 0.6) is 0 Å². The Labute approximate surface area is 91.4 Å². The third kappa shape index (κ3) is 3.04. The number of hydrogen-bond donors (Lipinski definition) is 1. The van der Waals surface area contributed by atoms with Crippen molar-refractivity contribution in [3.8, 4) is 0 Å². The summed E-state index contributed by atoms with van der Waals surface area (Å²) in [6, 6.07) is 8.57. The SMILES string of the molecule is CCNCC(C)S(=O)(=O)c1ccccc1. The third-order valence-corrected chi connectivity index (χ3v) is 4.44. The van der Waals surface area contributed by atoms with Gasteiger partial charge in [0.05, 0.1) is 10.1 Å². The maximum atomic E-state index is 12.0. The Morgan fingerprint density at radius 1 is 1.27 bits per heavy atom. The third-order valence-electron chi connectivity index (χ3n) is 2.28. The van der Waals surface area contributed by atoms with Crippen molar-refractivity contribution in [3.63, 3.8) is 0 Å². The van der Waals surface area contributed by atoms with E-state index in [1.54, 1.807) is 31.2 Å². The van der Waals surface area contributed by atoms with Gasteiger partial charge in [0.1, 0.15) is 0 Å². The van der Waals surface area contributed by atoms with E-state index >= 15 is 0 Å². The van der Waals surface area contributed by atoms with Crippen LogP contribution in [0, 0.1) is 0 Å². The minimum Gasteiger partial charge on any atom is -0.316 e. The fourth-order valence-corrected chi connectivity index (χ4v) is 2.64. The number of rotatable bonds is 5. The molecule has 1 rings (SSSR count). The monoisotopic (exact) mass is 227 g/mol. The highest BCUT2D eigenvalue weighted by Gasteiger charge is 2.21. The molecule has 0 radical (unpaired) electrons. The fraction of sp³-hybridized carbons (Fsp3) is 0.455. The lowest BCUT2D eigenvalue weighted by molar-refractivity contribution is 0.574. The Bertz CT molecular complexity index is 386. The van der Waals surface area contributed by atoms with Crippen LogP contribution < -0.4 is 5.32 Å². The van der Waals surface area contributed by atoms with E-state index in [-0.39, 0.29) is 5.25 Å². The summed E-state index contributed by atoms with van der Waals surface area (Å²) in [5, 5.41) is 2.66. The Morgan fingerprint density at radius 3 is 2.40 bits per heavy atom. The van der Waals surface area contributed by atoms with Crippen LogP contribution in [0.2, 0.25) is 0 Å². The first-order valence-corrected chi connectivity index (χ1v) is 6.63. The predicted molar refractivity (Wildman–Crippen MR) is 61.6 cm³/mol. The fourth-order valence-electron chi connectivity index (χ4n) is 1.30. The molecule has 0 aliphatic carbocycles. The molecule has 0 aliphatic heterocycles. The van der Waals surface area contributed by atoms with Gasteiger partial charge in [0, 0.05) is 6.54 Å². The second kappa shape index (κ2) is 5.28. The van der Waals surface area contributed by atoms with E-state index in [2.05, 4.69) is 5.32 Å². The molecule has 1 N–H and O–H groups in total. The van der Waals surface area contributed by atoms with E-state index in [0.29, 0.717) is 11.4 Å². The summed E-state index contributed by atoms with van der Waals surface area (Å²) < 4.78 is 24.0. The van der Waals surface area contributed by atoms with E-state index in [9.17, 15) is 8.42 Å². The van der Waals surface area contributed by atoms with Crippen LogP contribution in [0.15, 0.2) is 35.2 Å². The number of nitrogens with one attached hydrogen (secondary N) is 1. The molecule has 3 nitrogen and oxygen atoms in total. The van der Waals surface area contributed by atoms with E-state index in [1.807, 2.05) is 13.0 Å². The molecule has 4 heteroatoms. The summed E-state index contributed by atoms with van der Waals surface area (Å²) in [4.78, 5) is 0.399. The molecule has 0 spiro atoms. The lowest BCUT2D eigenvalue weighted by atomic mass is 10.4. The van der Waals surface area contributed by atoms with Crippen LogP contribution in [0.4, 0.5) is 0 Å². The van der Waals surface area contributed by atoms with Crippen molar-refractivity contribution in [3.05, 3.63) is 30.3 Å². The van der Waals surface area contributed by atoms with Crippen molar-refractivity contribution in [2.75, 3.05) is 13.1 Å². The summed E-state index contributed by atoms with van der Waals surface area (Å²) in [5.41, 5.74) is 0. The lowest BCUT2D eigenvalue weighted by Crippen LogP contribution is -2.31. The van der Waals surface area contributed by atoms with E-state index in [1.165, 1.54) is 0 Å². The van der Waals surface area contributed by atoms with E-state index in [4.69, 9.17) is 0 Å². The average Bonchev–Trinajstić information content (AvgIpc) is 2.27. The highest BCUT2D eigenvalue weighted by molar-refractivity contribution is 7.92. The summed E-state index contributed by atoms with van der Waals surface area (Å²) in [7, 11) is -3.17. The second-order valence-electron chi connectivity index (χ2n) is 3.48. The minimum absolute atomic E-state index is 0.389. The largest absolute Gasteiger partial charge is 0.316 e. The zero-order chi connectivity index (χ0) is 11.3. The molecular formula is C11H17NO2S. The van der Waals surface area contributed by atoms with Gasteiger partial charge in [-0.15, -0.1) is 0 Å². The first kappa shape index (κ1) is 12.2. The van der Waals surface area contributed by atoms with Crippen LogP contribution in [-0.2, 0) is 9.84 Å². The predicted octanol–water partition coefficient (Wildman–Crippen LogP) is 1.46. The van der Waals surface area contributed by atoms with Gasteiger partial charge in [-0.2, -0.15) is 0 Å².